The number of aromatic nitrogens is 2. The van der Waals surface area contributed by atoms with E-state index in [1.54, 1.807) is 36.1 Å². The Hall–Kier alpha value is -2.19. The van der Waals surface area contributed by atoms with Gasteiger partial charge in [-0.1, -0.05) is 37.8 Å². The lowest BCUT2D eigenvalue weighted by Gasteiger charge is -2.22. The second-order valence-corrected chi connectivity index (χ2v) is 11.2. The number of ether oxygens (including phenoxy) is 1. The fraction of sp³-hybridized carbons (Fsp3) is 0.565. The first-order valence-corrected chi connectivity index (χ1v) is 12.7. The second-order valence-electron chi connectivity index (χ2n) is 9.14. The maximum absolute atomic E-state index is 13.3. The highest BCUT2D eigenvalue weighted by Gasteiger charge is 2.28. The van der Waals surface area contributed by atoms with Gasteiger partial charge in [-0.05, 0) is 43.9 Å². The molecule has 0 aliphatic heterocycles. The van der Waals surface area contributed by atoms with E-state index in [0.29, 0.717) is 24.7 Å². The van der Waals surface area contributed by atoms with E-state index in [0.717, 1.165) is 18.4 Å². The van der Waals surface area contributed by atoms with Gasteiger partial charge < -0.3 is 10.1 Å². The average molecular weight is 448 g/mol. The first kappa shape index (κ1) is 23.5. The molecule has 7 nitrogen and oxygen atoms in total. The number of nitrogens with zero attached hydrogens (tertiary/aromatic N) is 2. The molecule has 1 aromatic heterocycles. The molecule has 3 rings (SSSR count). The van der Waals surface area contributed by atoms with Crippen LogP contribution >= 0.6 is 0 Å². The Morgan fingerprint density at radius 1 is 1.29 bits per heavy atom. The summed E-state index contributed by atoms with van der Waals surface area (Å²) < 4.78 is 31.3. The van der Waals surface area contributed by atoms with Gasteiger partial charge in [0.25, 0.3) is 0 Å². The van der Waals surface area contributed by atoms with Crippen LogP contribution in [0.2, 0.25) is 0 Å². The Morgan fingerprint density at radius 3 is 2.65 bits per heavy atom. The van der Waals surface area contributed by atoms with Crippen molar-refractivity contribution in [2.45, 2.75) is 68.9 Å². The minimum absolute atomic E-state index is 0.159. The third-order valence-electron chi connectivity index (χ3n) is 6.04. The van der Waals surface area contributed by atoms with Gasteiger partial charge in [-0.25, -0.2) is 8.42 Å². The van der Waals surface area contributed by atoms with Gasteiger partial charge in [0.05, 0.1) is 23.0 Å². The lowest BCUT2D eigenvalue weighted by molar-refractivity contribution is -0.118. The maximum Gasteiger partial charge on any atom is 0.233 e. The number of methoxy groups -OCH3 is 1. The zero-order valence-electron chi connectivity index (χ0n) is 18.8. The van der Waals surface area contributed by atoms with Crippen molar-refractivity contribution >= 4 is 21.6 Å². The van der Waals surface area contributed by atoms with Crippen molar-refractivity contribution in [2.75, 3.05) is 18.7 Å². The molecule has 0 radical (unpaired) electrons. The van der Waals surface area contributed by atoms with E-state index in [-0.39, 0.29) is 16.4 Å². The van der Waals surface area contributed by atoms with Gasteiger partial charge in [-0.2, -0.15) is 5.10 Å². The highest BCUT2D eigenvalue weighted by molar-refractivity contribution is 7.90. The van der Waals surface area contributed by atoms with Gasteiger partial charge in [0.2, 0.25) is 5.91 Å². The zero-order valence-corrected chi connectivity index (χ0v) is 19.6. The molecular weight excluding hydrogens is 414 g/mol. The number of amides is 1. The van der Waals surface area contributed by atoms with E-state index in [1.165, 1.54) is 19.1 Å². The topological polar surface area (TPSA) is 90.3 Å². The summed E-state index contributed by atoms with van der Waals surface area (Å²) in [5.74, 6) is 0.365. The van der Waals surface area contributed by atoms with Crippen molar-refractivity contribution in [1.29, 1.82) is 0 Å². The van der Waals surface area contributed by atoms with E-state index in [9.17, 15) is 13.2 Å². The molecule has 1 saturated carbocycles. The lowest BCUT2D eigenvalue weighted by atomic mass is 9.87. The van der Waals surface area contributed by atoms with Gasteiger partial charge in [0.1, 0.15) is 0 Å². The highest BCUT2D eigenvalue weighted by Crippen LogP contribution is 2.35. The molecule has 1 heterocycles. The monoisotopic (exact) mass is 447 g/mol. The van der Waals surface area contributed by atoms with E-state index >= 15 is 0 Å². The number of sulfone groups is 1. The largest absolute Gasteiger partial charge is 0.377 e. The summed E-state index contributed by atoms with van der Waals surface area (Å²) in [7, 11) is -1.69. The van der Waals surface area contributed by atoms with Gasteiger partial charge >= 0.3 is 0 Å². The van der Waals surface area contributed by atoms with Crippen LogP contribution in [0.25, 0.3) is 0 Å². The summed E-state index contributed by atoms with van der Waals surface area (Å²) in [6.45, 7) is 4.50. The van der Waals surface area contributed by atoms with Crippen LogP contribution < -0.4 is 5.32 Å². The van der Waals surface area contributed by atoms with Crippen LogP contribution in [0.15, 0.2) is 41.4 Å². The summed E-state index contributed by atoms with van der Waals surface area (Å²) in [5, 5.41) is 7.39. The minimum atomic E-state index is -3.35. The van der Waals surface area contributed by atoms with Crippen molar-refractivity contribution < 1.29 is 17.9 Å². The van der Waals surface area contributed by atoms with Crippen molar-refractivity contribution in [1.82, 2.24) is 9.78 Å². The van der Waals surface area contributed by atoms with E-state index in [1.807, 2.05) is 26.1 Å². The third kappa shape index (κ3) is 6.40. The van der Waals surface area contributed by atoms with Crippen molar-refractivity contribution in [3.63, 3.8) is 0 Å². The molecular formula is C23H33N3O4S. The van der Waals surface area contributed by atoms with Crippen LogP contribution in [0.3, 0.4) is 0 Å². The standard InChI is InChI=1S/C23H33N3O4S/c1-23(2,30-3)16-26-13-12-21(25-26)24-22(27)20(14-17-8-5-6-9-17)18-10-7-11-19(15-18)31(4,28)29/h7,10-13,15,17,20H,5-6,8-9,14,16H2,1-4H3,(H,24,25,27)/t20-/m1/s1. The van der Waals surface area contributed by atoms with Crippen LogP contribution in [0, 0.1) is 5.92 Å². The Kier molecular flexibility index (Phi) is 7.21. The van der Waals surface area contributed by atoms with E-state index < -0.39 is 15.8 Å². The van der Waals surface area contributed by atoms with Crippen LogP contribution in [-0.4, -0.2) is 43.1 Å². The van der Waals surface area contributed by atoms with Gasteiger partial charge in [0, 0.05) is 25.6 Å². The van der Waals surface area contributed by atoms with E-state index in [2.05, 4.69) is 10.4 Å². The first-order valence-electron chi connectivity index (χ1n) is 10.8. The number of carbonyl (C=O) groups excluding carboxylic acids is 1. The fourth-order valence-corrected chi connectivity index (χ4v) is 4.80. The number of benzene rings is 1. The molecule has 170 valence electrons. The maximum atomic E-state index is 13.3. The number of hydrogen-bond acceptors (Lipinski definition) is 5. The average Bonchev–Trinajstić information content (AvgIpc) is 3.37. The number of anilines is 1. The molecule has 1 fully saturated rings. The molecule has 1 aliphatic rings. The molecule has 1 aliphatic carbocycles. The molecule has 1 amide bonds. The van der Waals surface area contributed by atoms with Crippen molar-refractivity contribution in [3.8, 4) is 0 Å². The van der Waals surface area contributed by atoms with E-state index in [4.69, 9.17) is 4.74 Å². The summed E-state index contributed by atoms with van der Waals surface area (Å²) in [6.07, 6.45) is 8.28. The molecule has 2 aromatic rings. The SMILES string of the molecule is COC(C)(C)Cn1ccc(NC(=O)[C@H](CC2CCCC2)c2cccc(S(C)(=O)=O)c2)n1. The second kappa shape index (κ2) is 9.53. The first-order chi connectivity index (χ1) is 14.6. The van der Waals surface area contributed by atoms with Crippen molar-refractivity contribution in [3.05, 3.63) is 42.1 Å². The molecule has 31 heavy (non-hydrogen) atoms. The van der Waals surface area contributed by atoms with Gasteiger partial charge in [-0.15, -0.1) is 0 Å². The number of nitrogens with one attached hydrogen (secondary N) is 1. The third-order valence-corrected chi connectivity index (χ3v) is 7.15. The van der Waals surface area contributed by atoms with Crippen LogP contribution in [0.1, 0.15) is 57.4 Å². The molecule has 0 unspecified atom stereocenters. The summed E-state index contributed by atoms with van der Waals surface area (Å²) in [6, 6.07) is 8.52. The highest BCUT2D eigenvalue weighted by atomic mass is 32.2. The molecule has 0 spiro atoms. The summed E-state index contributed by atoms with van der Waals surface area (Å²) in [5.41, 5.74) is 0.358. The van der Waals surface area contributed by atoms with Crippen LogP contribution in [0.5, 0.6) is 0 Å². The van der Waals surface area contributed by atoms with Gasteiger partial charge in [-0.3, -0.25) is 9.48 Å². The summed E-state index contributed by atoms with van der Waals surface area (Å²) in [4.78, 5) is 13.5. The Morgan fingerprint density at radius 2 is 2.00 bits per heavy atom. The van der Waals surface area contributed by atoms with Crippen molar-refractivity contribution in [2.24, 2.45) is 5.92 Å². The fourth-order valence-electron chi connectivity index (χ4n) is 4.12. The smallest absolute Gasteiger partial charge is 0.233 e. The number of carbonyl (C=O) groups is 1. The molecule has 8 heteroatoms. The van der Waals surface area contributed by atoms with Crippen LogP contribution in [0.4, 0.5) is 5.82 Å². The number of hydrogen-bond donors (Lipinski definition) is 1. The molecule has 0 saturated heterocycles. The zero-order chi connectivity index (χ0) is 22.6. The molecule has 0 bridgehead atoms. The lowest BCUT2D eigenvalue weighted by Crippen LogP contribution is -2.29. The number of rotatable bonds is 9. The predicted octanol–water partition coefficient (Wildman–Crippen LogP) is 4.01. The van der Waals surface area contributed by atoms with Gasteiger partial charge in [0.15, 0.2) is 15.7 Å². The Bertz CT molecular complexity index is 1010. The minimum Gasteiger partial charge on any atom is -0.377 e. The Balaban J connectivity index is 1.81. The predicted molar refractivity (Wildman–Crippen MR) is 121 cm³/mol. The molecule has 1 N–H and O–H groups in total. The normalized spacial score (nSPS) is 16.4. The molecule has 1 aromatic carbocycles. The van der Waals surface area contributed by atoms with Crippen LogP contribution in [-0.2, 0) is 25.9 Å². The summed E-state index contributed by atoms with van der Waals surface area (Å²) >= 11 is 0. The molecule has 1 atom stereocenters. The quantitative estimate of drug-likeness (QED) is 0.627. The Labute approximate surface area is 185 Å².